The highest BCUT2D eigenvalue weighted by molar-refractivity contribution is 4.89. The van der Waals surface area contributed by atoms with Gasteiger partial charge in [-0.2, -0.15) is 0 Å². The van der Waals surface area contributed by atoms with Gasteiger partial charge >= 0.3 is 0 Å². The standard InChI is InChI=1S/C12H20NO10/c14-3-9-7(16)1-11(20-9)5-18-13(22-11)19-6-12(23-13)2-8(17)10(4-15)21-12/h7-10,14-17H,1-6H2/q+1/t7?,8?,9-,10?,11+,12+,13?/m1/s1. The lowest BCUT2D eigenvalue weighted by atomic mass is 10.1. The lowest BCUT2D eigenvalue weighted by Crippen LogP contribution is -2.44. The molecule has 11 nitrogen and oxygen atoms in total. The summed E-state index contributed by atoms with van der Waals surface area (Å²) in [5, 5.41) is 37.0. The van der Waals surface area contributed by atoms with Crippen molar-refractivity contribution in [2.24, 2.45) is 0 Å². The molecule has 0 bridgehead atoms. The van der Waals surface area contributed by atoms with Crippen LogP contribution in [-0.4, -0.2) is 88.0 Å². The maximum Gasteiger partial charge on any atom is 0.271 e. The summed E-state index contributed by atoms with van der Waals surface area (Å²) >= 11 is 0. The van der Waals surface area contributed by atoms with Crippen LogP contribution in [0.4, 0.5) is 0 Å². The zero-order chi connectivity index (χ0) is 16.3. The van der Waals surface area contributed by atoms with E-state index in [-0.39, 0.29) is 39.3 Å². The first-order valence-corrected chi connectivity index (χ1v) is 7.46. The topological polar surface area (TPSA) is 136 Å². The molecule has 4 heterocycles. The quantitative estimate of drug-likeness (QED) is 0.392. The third-order valence-electron chi connectivity index (χ3n) is 4.43. The van der Waals surface area contributed by atoms with Crippen molar-refractivity contribution in [2.45, 2.75) is 48.8 Å². The predicted octanol–water partition coefficient (Wildman–Crippen LogP) is -2.77. The molecule has 4 saturated heterocycles. The van der Waals surface area contributed by atoms with E-state index < -0.39 is 41.1 Å². The second-order valence-electron chi connectivity index (χ2n) is 6.22. The van der Waals surface area contributed by atoms with E-state index in [1.54, 1.807) is 0 Å². The molecular formula is C12H20NO10+. The maximum absolute atomic E-state index is 9.86. The van der Waals surface area contributed by atoms with Crippen LogP contribution in [0.5, 0.6) is 0 Å². The Balaban J connectivity index is 1.46. The summed E-state index contributed by atoms with van der Waals surface area (Å²) in [5.41, 5.74) is 0. The predicted molar refractivity (Wildman–Crippen MR) is 65.0 cm³/mol. The van der Waals surface area contributed by atoms with Gasteiger partial charge in [0, 0.05) is 12.8 Å². The van der Waals surface area contributed by atoms with Gasteiger partial charge in [-0.15, -0.1) is 0 Å². The van der Waals surface area contributed by atoms with E-state index >= 15 is 0 Å². The number of nitrogens with zero attached hydrogens (tertiary/aromatic N) is 1. The number of hydrogen-bond donors (Lipinski definition) is 4. The molecule has 0 amide bonds. The first-order valence-electron chi connectivity index (χ1n) is 7.46. The molecule has 4 aliphatic rings. The van der Waals surface area contributed by atoms with E-state index in [0.29, 0.717) is 0 Å². The van der Waals surface area contributed by atoms with Crippen molar-refractivity contribution >= 4 is 0 Å². The molecule has 4 N–H and O–H groups in total. The Labute approximate surface area is 130 Å². The summed E-state index contributed by atoms with van der Waals surface area (Å²) in [4.78, 5) is 22.0. The van der Waals surface area contributed by atoms with Crippen LogP contribution in [0.15, 0.2) is 0 Å². The van der Waals surface area contributed by atoms with Crippen molar-refractivity contribution in [3.05, 3.63) is 0 Å². The van der Waals surface area contributed by atoms with Gasteiger partial charge in [-0.1, -0.05) is 19.4 Å². The zero-order valence-corrected chi connectivity index (χ0v) is 12.2. The molecule has 4 unspecified atom stereocenters. The number of quaternary nitrogens is 1. The molecular weight excluding hydrogens is 318 g/mol. The van der Waals surface area contributed by atoms with Crippen molar-refractivity contribution in [1.82, 2.24) is 0 Å². The van der Waals surface area contributed by atoms with Gasteiger partial charge in [-0.25, -0.2) is 0 Å². The fourth-order valence-electron chi connectivity index (χ4n) is 3.30. The fraction of sp³-hybridized carbons (Fsp3) is 1.00. The monoisotopic (exact) mass is 338 g/mol. The normalized spacial score (nSPS) is 55.8. The van der Waals surface area contributed by atoms with Gasteiger partial charge in [0.05, 0.1) is 25.4 Å². The lowest BCUT2D eigenvalue weighted by molar-refractivity contribution is -1.45. The molecule has 0 saturated carbocycles. The summed E-state index contributed by atoms with van der Waals surface area (Å²) in [6.07, 6.45) is -3.20. The van der Waals surface area contributed by atoms with Gasteiger partial charge < -0.3 is 29.9 Å². The Morgan fingerprint density at radius 3 is 1.61 bits per heavy atom. The molecule has 7 atom stereocenters. The minimum Gasteiger partial charge on any atom is -0.394 e. The first-order chi connectivity index (χ1) is 10.9. The van der Waals surface area contributed by atoms with Gasteiger partial charge in [0.2, 0.25) is 0 Å². The SMILES string of the molecule is OCC1O[C@@]2(CO[N+]3(OC[C@]4(CC(O)[C@@H](CO)O4)O3)O2)CC1O. The Morgan fingerprint density at radius 1 is 0.826 bits per heavy atom. The third-order valence-corrected chi connectivity index (χ3v) is 4.43. The van der Waals surface area contributed by atoms with Crippen LogP contribution >= 0.6 is 0 Å². The molecule has 132 valence electrons. The average molecular weight is 338 g/mol. The van der Waals surface area contributed by atoms with Crippen LogP contribution in [0.1, 0.15) is 12.8 Å². The Hall–Kier alpha value is -0.440. The largest absolute Gasteiger partial charge is 0.394 e. The summed E-state index contributed by atoms with van der Waals surface area (Å²) in [6.45, 7) is -0.873. The number of rotatable bonds is 2. The minimum absolute atomic E-state index is 0.0807. The van der Waals surface area contributed by atoms with E-state index in [1.807, 2.05) is 0 Å². The van der Waals surface area contributed by atoms with Crippen LogP contribution in [0.3, 0.4) is 0 Å². The summed E-state index contributed by atoms with van der Waals surface area (Å²) < 4.78 is 11.0. The molecule has 4 fully saturated rings. The molecule has 4 rings (SSSR count). The van der Waals surface area contributed by atoms with Crippen molar-refractivity contribution in [3.63, 3.8) is 0 Å². The fourth-order valence-corrected chi connectivity index (χ4v) is 3.30. The Bertz CT molecular complexity index is 437. The van der Waals surface area contributed by atoms with Gasteiger partial charge in [-0.05, 0) is 0 Å². The first kappa shape index (κ1) is 16.1. The summed E-state index contributed by atoms with van der Waals surface area (Å²) in [7, 11) is 0. The molecule has 4 aliphatic heterocycles. The number of aliphatic hydroxyl groups excluding tert-OH is 4. The van der Waals surface area contributed by atoms with Gasteiger partial charge in [0.1, 0.15) is 12.2 Å². The Kier molecular flexibility index (Phi) is 3.68. The van der Waals surface area contributed by atoms with Crippen molar-refractivity contribution < 1.29 is 54.4 Å². The highest BCUT2D eigenvalue weighted by Gasteiger charge is 2.72. The van der Waals surface area contributed by atoms with Crippen LogP contribution in [0, 0.1) is 0 Å². The minimum atomic E-state index is -1.30. The van der Waals surface area contributed by atoms with E-state index in [9.17, 15) is 10.2 Å². The van der Waals surface area contributed by atoms with Crippen LogP contribution in [-0.2, 0) is 28.8 Å². The highest BCUT2D eigenvalue weighted by Crippen LogP contribution is 2.48. The third kappa shape index (κ3) is 2.49. The van der Waals surface area contributed by atoms with Gasteiger partial charge in [0.25, 0.3) is 16.7 Å². The molecule has 0 aliphatic carbocycles. The zero-order valence-electron chi connectivity index (χ0n) is 12.2. The van der Waals surface area contributed by atoms with E-state index in [0.717, 1.165) is 0 Å². The highest BCUT2D eigenvalue weighted by atomic mass is 17.4. The number of hydrogen-bond acceptors (Lipinski definition) is 10. The van der Waals surface area contributed by atoms with Crippen LogP contribution in [0.2, 0.25) is 0 Å². The molecule has 11 heteroatoms. The summed E-state index contributed by atoms with van der Waals surface area (Å²) in [5.74, 6) is -2.60. The van der Waals surface area contributed by atoms with Gasteiger partial charge in [0.15, 0.2) is 13.2 Å². The average Bonchev–Trinajstić information content (AvgIpc) is 3.21. The van der Waals surface area contributed by atoms with E-state index in [1.165, 1.54) is 0 Å². The van der Waals surface area contributed by atoms with Crippen LogP contribution < -0.4 is 0 Å². The molecule has 3 spiro atoms. The second kappa shape index (κ2) is 5.28. The Morgan fingerprint density at radius 2 is 1.26 bits per heavy atom. The molecule has 0 radical (unpaired) electrons. The van der Waals surface area contributed by atoms with Crippen LogP contribution in [0.25, 0.3) is 0 Å². The summed E-state index contributed by atoms with van der Waals surface area (Å²) in [6, 6.07) is 0. The van der Waals surface area contributed by atoms with Gasteiger partial charge in [-0.3, -0.25) is 0 Å². The molecule has 0 aromatic rings. The van der Waals surface area contributed by atoms with E-state index in [4.69, 9.17) is 39.0 Å². The smallest absolute Gasteiger partial charge is 0.271 e. The molecule has 0 aromatic carbocycles. The number of aliphatic hydroxyl groups is 4. The number of ether oxygens (including phenoxy) is 2. The van der Waals surface area contributed by atoms with Crippen molar-refractivity contribution in [1.29, 1.82) is 0 Å². The van der Waals surface area contributed by atoms with Crippen molar-refractivity contribution in [2.75, 3.05) is 26.4 Å². The lowest BCUT2D eigenvalue weighted by Gasteiger charge is -2.20. The maximum atomic E-state index is 9.86. The molecule has 0 aromatic heterocycles. The van der Waals surface area contributed by atoms with Crippen molar-refractivity contribution in [3.8, 4) is 0 Å². The van der Waals surface area contributed by atoms with E-state index in [2.05, 4.69) is 0 Å². The second-order valence-corrected chi connectivity index (χ2v) is 6.22. The molecule has 23 heavy (non-hydrogen) atoms.